The molecule has 1 heterocycles. The van der Waals surface area contributed by atoms with Crippen molar-refractivity contribution in [2.24, 2.45) is 7.05 Å². The molecule has 22 heavy (non-hydrogen) atoms. The van der Waals surface area contributed by atoms with Crippen molar-refractivity contribution in [2.75, 3.05) is 0 Å². The quantitative estimate of drug-likeness (QED) is 0.458. The fourth-order valence-electron chi connectivity index (χ4n) is 2.05. The highest BCUT2D eigenvalue weighted by atomic mass is 32.1. The Bertz CT molecular complexity index is 666. The van der Waals surface area contributed by atoms with E-state index in [4.69, 9.17) is 0 Å². The number of aryl methyl sites for hydroxylation is 2. The number of thiazole rings is 1. The second-order valence-electron chi connectivity index (χ2n) is 4.30. The maximum absolute atomic E-state index is 2.27. The van der Waals surface area contributed by atoms with Crippen LogP contribution in [0.5, 0.6) is 0 Å². The van der Waals surface area contributed by atoms with Crippen LogP contribution in [0.1, 0.15) is 40.7 Å². The number of fused-ring (bicyclic) bond motifs is 1. The molecule has 3 aromatic rings. The molecule has 0 radical (unpaired) electrons. The molecule has 0 fully saturated rings. The van der Waals surface area contributed by atoms with Crippen LogP contribution in [-0.2, 0) is 7.05 Å². The van der Waals surface area contributed by atoms with Gasteiger partial charge < -0.3 is 0 Å². The first-order valence-corrected chi connectivity index (χ1v) is 8.52. The van der Waals surface area contributed by atoms with Gasteiger partial charge in [0.25, 0.3) is 5.01 Å². The lowest BCUT2D eigenvalue weighted by molar-refractivity contribution is -0.629. The van der Waals surface area contributed by atoms with Crippen LogP contribution in [0.4, 0.5) is 0 Å². The van der Waals surface area contributed by atoms with E-state index in [0.29, 0.717) is 0 Å². The van der Waals surface area contributed by atoms with E-state index in [2.05, 4.69) is 67.1 Å². The van der Waals surface area contributed by atoms with Crippen LogP contribution >= 0.6 is 11.3 Å². The van der Waals surface area contributed by atoms with Crippen LogP contribution in [0.3, 0.4) is 0 Å². The van der Waals surface area contributed by atoms with E-state index >= 15 is 0 Å². The summed E-state index contributed by atoms with van der Waals surface area (Å²) in [6.07, 6.45) is 0. The first kappa shape index (κ1) is 20.3. The van der Waals surface area contributed by atoms with E-state index in [0.717, 1.165) is 0 Å². The highest BCUT2D eigenvalue weighted by Gasteiger charge is 2.17. The molecule has 0 amide bonds. The maximum Gasteiger partial charge on any atom is 0.269 e. The lowest BCUT2D eigenvalue weighted by atomic mass is 10.1. The monoisotopic (exact) mass is 316 g/mol. The third-order valence-corrected chi connectivity index (χ3v) is 4.30. The normalized spacial score (nSPS) is 9.00. The van der Waals surface area contributed by atoms with Gasteiger partial charge in [0, 0.05) is 6.07 Å². The van der Waals surface area contributed by atoms with Crippen molar-refractivity contribution in [3.63, 3.8) is 0 Å². The lowest BCUT2D eigenvalue weighted by Crippen LogP contribution is -2.28. The van der Waals surface area contributed by atoms with E-state index in [1.165, 1.54) is 26.4 Å². The van der Waals surface area contributed by atoms with Crippen LogP contribution in [0.25, 0.3) is 20.8 Å². The van der Waals surface area contributed by atoms with Gasteiger partial charge in [-0.2, -0.15) is 4.57 Å². The predicted octanol–water partition coefficient (Wildman–Crippen LogP) is 6.39. The van der Waals surface area contributed by atoms with Gasteiger partial charge in [0.2, 0.25) is 5.52 Å². The minimum absolute atomic E-state index is 0. The van der Waals surface area contributed by atoms with Gasteiger partial charge >= 0.3 is 0 Å². The number of rotatable bonds is 1. The topological polar surface area (TPSA) is 3.88 Å². The Labute approximate surface area is 140 Å². The zero-order valence-corrected chi connectivity index (χ0v) is 14.8. The van der Waals surface area contributed by atoms with Crippen molar-refractivity contribution >= 4 is 21.6 Å². The summed E-state index contributed by atoms with van der Waals surface area (Å²) < 4.78 is 3.61. The summed E-state index contributed by atoms with van der Waals surface area (Å²) in [6, 6.07) is 17.3. The number of benzene rings is 2. The summed E-state index contributed by atoms with van der Waals surface area (Å²) in [5.41, 5.74) is 3.89. The second-order valence-corrected chi connectivity index (χ2v) is 5.33. The third kappa shape index (κ3) is 4.41. The maximum atomic E-state index is 2.27. The Hall–Kier alpha value is -1.67. The Morgan fingerprint density at radius 2 is 1.36 bits per heavy atom. The minimum atomic E-state index is 0. The average molecular weight is 317 g/mol. The van der Waals surface area contributed by atoms with Crippen LogP contribution < -0.4 is 4.57 Å². The van der Waals surface area contributed by atoms with E-state index in [1.54, 1.807) is 0 Å². The molecule has 0 N–H and O–H groups in total. The Morgan fingerprint density at radius 3 is 1.91 bits per heavy atom. The molecule has 0 unspecified atom stereocenters. The van der Waals surface area contributed by atoms with E-state index in [1.807, 2.05) is 39.0 Å². The van der Waals surface area contributed by atoms with Gasteiger partial charge in [-0.3, -0.25) is 0 Å². The summed E-state index contributed by atoms with van der Waals surface area (Å²) in [5.74, 6) is 0. The fraction of sp³-hybridized carbons (Fsp3) is 0.350. The van der Waals surface area contributed by atoms with E-state index < -0.39 is 0 Å². The molecule has 1 nitrogen and oxygen atoms in total. The first-order chi connectivity index (χ1) is 10.3. The summed E-state index contributed by atoms with van der Waals surface area (Å²) in [7, 11) is 2.13. The van der Waals surface area contributed by atoms with Crippen LogP contribution in [0, 0.1) is 6.92 Å². The smallest absolute Gasteiger partial charge is 0.184 e. The highest BCUT2D eigenvalue weighted by Crippen LogP contribution is 2.27. The van der Waals surface area contributed by atoms with Crippen molar-refractivity contribution in [3.8, 4) is 10.6 Å². The van der Waals surface area contributed by atoms with Gasteiger partial charge in [0.05, 0.1) is 5.56 Å². The molecule has 0 aliphatic carbocycles. The number of hydrogen-bond acceptors (Lipinski definition) is 1. The molecular formula is C20H30NS+. The third-order valence-electron chi connectivity index (χ3n) is 3.04. The fourth-order valence-corrected chi connectivity index (χ4v) is 3.20. The molecule has 0 atom stereocenters. The van der Waals surface area contributed by atoms with Crippen molar-refractivity contribution in [1.82, 2.24) is 0 Å². The molecular weight excluding hydrogens is 286 g/mol. The average Bonchev–Trinajstić information content (AvgIpc) is 2.90. The summed E-state index contributed by atoms with van der Waals surface area (Å²) in [6.45, 7) is 10.1. The molecule has 0 spiro atoms. The van der Waals surface area contributed by atoms with Gasteiger partial charge in [-0.1, -0.05) is 76.3 Å². The Balaban J connectivity index is 0.000000819. The molecule has 1 aromatic heterocycles. The lowest BCUT2D eigenvalue weighted by Gasteiger charge is -1.95. The molecule has 120 valence electrons. The number of para-hydroxylation sites is 1. The Morgan fingerprint density at radius 1 is 0.818 bits per heavy atom. The molecule has 2 heteroatoms. The first-order valence-electron chi connectivity index (χ1n) is 7.70. The minimum Gasteiger partial charge on any atom is -0.184 e. The van der Waals surface area contributed by atoms with Crippen LogP contribution in [0.15, 0.2) is 48.5 Å². The molecule has 0 saturated heterocycles. The predicted molar refractivity (Wildman–Crippen MR) is 103 cm³/mol. The molecule has 0 aliphatic heterocycles. The summed E-state index contributed by atoms with van der Waals surface area (Å²) in [5, 5.41) is 1.31. The Kier molecular flexibility index (Phi) is 9.35. The molecule has 0 bridgehead atoms. The second kappa shape index (κ2) is 10.1. The van der Waals surface area contributed by atoms with Crippen molar-refractivity contribution in [1.29, 1.82) is 0 Å². The van der Waals surface area contributed by atoms with Crippen LogP contribution in [-0.4, -0.2) is 0 Å². The van der Waals surface area contributed by atoms with Crippen molar-refractivity contribution in [2.45, 2.75) is 42.0 Å². The zero-order chi connectivity index (χ0) is 15.8. The van der Waals surface area contributed by atoms with Crippen molar-refractivity contribution < 1.29 is 4.57 Å². The van der Waals surface area contributed by atoms with Crippen molar-refractivity contribution in [3.05, 3.63) is 54.1 Å². The van der Waals surface area contributed by atoms with E-state index in [-0.39, 0.29) is 7.43 Å². The van der Waals surface area contributed by atoms with Gasteiger partial charge in [-0.05, 0) is 25.1 Å². The van der Waals surface area contributed by atoms with E-state index in [9.17, 15) is 0 Å². The largest absolute Gasteiger partial charge is 0.269 e. The summed E-state index contributed by atoms with van der Waals surface area (Å²) in [4.78, 5) is 0. The molecule has 0 saturated carbocycles. The highest BCUT2D eigenvalue weighted by molar-refractivity contribution is 7.21. The molecule has 0 aliphatic rings. The zero-order valence-electron chi connectivity index (χ0n) is 14.0. The molecule has 3 rings (SSSR count). The number of hydrogen-bond donors (Lipinski definition) is 0. The standard InChI is InChI=1S/C15H14NS.2C2H6.CH4/c1-11-7-9-12(10-8-11)15-16(2)13-5-3-4-6-14(13)17-15;2*1-2;/h3-10H,1-2H3;2*1-2H3;1H4/q+1;;;. The van der Waals surface area contributed by atoms with Gasteiger partial charge in [-0.15, -0.1) is 0 Å². The number of aromatic nitrogens is 1. The molecule has 2 aromatic carbocycles. The summed E-state index contributed by atoms with van der Waals surface area (Å²) >= 11 is 1.85. The SMILES string of the molecule is C.CC.CC.Cc1ccc(-c2sc3ccccc3[n+]2C)cc1. The van der Waals surface area contributed by atoms with Gasteiger partial charge in [-0.25, -0.2) is 0 Å². The van der Waals surface area contributed by atoms with Gasteiger partial charge in [0.1, 0.15) is 11.7 Å². The van der Waals surface area contributed by atoms with Crippen LogP contribution in [0.2, 0.25) is 0 Å². The number of nitrogens with zero attached hydrogens (tertiary/aromatic N) is 1. The van der Waals surface area contributed by atoms with Gasteiger partial charge in [0.15, 0.2) is 0 Å².